The molecule has 1 aromatic heterocycles. The van der Waals surface area contributed by atoms with Crippen LogP contribution in [0.15, 0.2) is 29.4 Å². The highest BCUT2D eigenvalue weighted by molar-refractivity contribution is 6.46. The molecule has 3 rings (SSSR count). The molecule has 0 fully saturated rings. The van der Waals surface area contributed by atoms with Gasteiger partial charge < -0.3 is 5.73 Å². The highest BCUT2D eigenvalue weighted by Gasteiger charge is 2.21. The van der Waals surface area contributed by atoms with Gasteiger partial charge in [-0.1, -0.05) is 59.1 Å². The number of nitrogens with one attached hydrogen (secondary N) is 1. The van der Waals surface area contributed by atoms with Crippen LogP contribution in [0.3, 0.4) is 0 Å². The topological polar surface area (TPSA) is 80.4 Å². The van der Waals surface area contributed by atoms with Crippen LogP contribution in [0.1, 0.15) is 28.0 Å². The van der Waals surface area contributed by atoms with E-state index < -0.39 is 5.91 Å². The molecular weight excluding hydrogens is 359 g/mol. The second kappa shape index (κ2) is 6.35. The van der Waals surface area contributed by atoms with Crippen molar-refractivity contribution in [3.8, 4) is 0 Å². The minimum atomic E-state index is -0.600. The van der Waals surface area contributed by atoms with Crippen LogP contribution in [0, 0.1) is 0 Å². The zero-order valence-corrected chi connectivity index (χ0v) is 14.0. The van der Waals surface area contributed by atoms with Crippen LogP contribution in [0.4, 0.5) is 5.69 Å². The van der Waals surface area contributed by atoms with Gasteiger partial charge in [0.05, 0.1) is 16.4 Å². The summed E-state index contributed by atoms with van der Waals surface area (Å²) in [7, 11) is 0. The van der Waals surface area contributed by atoms with Gasteiger partial charge in [-0.15, -0.1) is 0 Å². The van der Waals surface area contributed by atoms with Crippen LogP contribution < -0.4 is 11.2 Å². The molecule has 8 heteroatoms. The number of amides is 1. The van der Waals surface area contributed by atoms with E-state index in [0.29, 0.717) is 0 Å². The maximum atomic E-state index is 12.2. The average molecular weight is 370 g/mol. The Labute approximate surface area is 147 Å². The SMILES string of the molecule is Nc1c(Cl)c(Cl)nc(C(=O)NN=C2CCc3ccccc32)c1Cl. The van der Waals surface area contributed by atoms with Crippen molar-refractivity contribution in [3.05, 3.63) is 56.3 Å². The molecule has 23 heavy (non-hydrogen) atoms. The van der Waals surface area contributed by atoms with E-state index in [1.807, 2.05) is 24.3 Å². The first kappa shape index (κ1) is 16.1. The van der Waals surface area contributed by atoms with Crippen molar-refractivity contribution in [1.82, 2.24) is 10.4 Å². The first-order valence-corrected chi connectivity index (χ1v) is 7.87. The number of hydrogen-bond acceptors (Lipinski definition) is 4. The second-order valence-electron chi connectivity index (χ2n) is 4.95. The number of carbonyl (C=O) groups is 1. The number of rotatable bonds is 2. The van der Waals surface area contributed by atoms with E-state index in [-0.39, 0.29) is 26.6 Å². The molecule has 1 aromatic carbocycles. The molecule has 5 nitrogen and oxygen atoms in total. The van der Waals surface area contributed by atoms with E-state index >= 15 is 0 Å². The van der Waals surface area contributed by atoms with Gasteiger partial charge in [0.2, 0.25) is 0 Å². The molecule has 0 radical (unpaired) electrons. The number of hydrazone groups is 1. The molecule has 0 spiro atoms. The number of nitrogens with two attached hydrogens (primary N) is 1. The first-order valence-electron chi connectivity index (χ1n) is 6.74. The van der Waals surface area contributed by atoms with Gasteiger partial charge in [-0.3, -0.25) is 4.79 Å². The highest BCUT2D eigenvalue weighted by Crippen LogP contribution is 2.34. The molecule has 1 heterocycles. The lowest BCUT2D eigenvalue weighted by molar-refractivity contribution is 0.0950. The van der Waals surface area contributed by atoms with Gasteiger partial charge in [0.15, 0.2) is 10.8 Å². The summed E-state index contributed by atoms with van der Waals surface area (Å²) in [4.78, 5) is 16.1. The van der Waals surface area contributed by atoms with Gasteiger partial charge in [0.25, 0.3) is 5.91 Å². The summed E-state index contributed by atoms with van der Waals surface area (Å²) in [5.41, 5.74) is 11.1. The van der Waals surface area contributed by atoms with Crippen molar-refractivity contribution < 1.29 is 4.79 Å². The number of benzene rings is 1. The maximum absolute atomic E-state index is 12.2. The molecule has 0 atom stereocenters. The molecule has 0 unspecified atom stereocenters. The van der Waals surface area contributed by atoms with Crippen molar-refractivity contribution in [2.45, 2.75) is 12.8 Å². The molecule has 3 N–H and O–H groups in total. The quantitative estimate of drug-likeness (QED) is 0.625. The van der Waals surface area contributed by atoms with Crippen LogP contribution in [0.25, 0.3) is 0 Å². The van der Waals surface area contributed by atoms with E-state index in [9.17, 15) is 4.79 Å². The van der Waals surface area contributed by atoms with E-state index in [1.54, 1.807) is 0 Å². The zero-order chi connectivity index (χ0) is 16.6. The summed E-state index contributed by atoms with van der Waals surface area (Å²) in [5.74, 6) is -0.600. The Hall–Kier alpha value is -1.82. The smallest absolute Gasteiger partial charge is 0.291 e. The number of nitrogen functional groups attached to an aromatic ring is 1. The number of aromatic nitrogens is 1. The number of anilines is 1. The monoisotopic (exact) mass is 368 g/mol. The lowest BCUT2D eigenvalue weighted by atomic mass is 10.1. The van der Waals surface area contributed by atoms with Crippen molar-refractivity contribution in [1.29, 1.82) is 0 Å². The van der Waals surface area contributed by atoms with Gasteiger partial charge in [0, 0.05) is 5.56 Å². The average Bonchev–Trinajstić information content (AvgIpc) is 2.97. The summed E-state index contributed by atoms with van der Waals surface area (Å²) < 4.78 is 0. The second-order valence-corrected chi connectivity index (χ2v) is 6.06. The minimum Gasteiger partial charge on any atom is -0.396 e. The van der Waals surface area contributed by atoms with Gasteiger partial charge >= 0.3 is 0 Å². The molecule has 1 amide bonds. The van der Waals surface area contributed by atoms with E-state index in [4.69, 9.17) is 40.5 Å². The first-order chi connectivity index (χ1) is 11.0. The Balaban J connectivity index is 1.86. The molecular formula is C15H11Cl3N4O. The summed E-state index contributed by atoms with van der Waals surface area (Å²) in [5, 5.41) is 4.05. The van der Waals surface area contributed by atoms with E-state index in [0.717, 1.165) is 24.1 Å². The predicted octanol–water partition coefficient (Wildman–Crippen LogP) is 3.70. The fraction of sp³-hybridized carbons (Fsp3) is 0.133. The van der Waals surface area contributed by atoms with E-state index in [2.05, 4.69) is 15.5 Å². The van der Waals surface area contributed by atoms with Crippen LogP contribution in [-0.2, 0) is 6.42 Å². The Morgan fingerprint density at radius 1 is 1.17 bits per heavy atom. The minimum absolute atomic E-state index is 0.0114. The van der Waals surface area contributed by atoms with Crippen LogP contribution >= 0.6 is 34.8 Å². The number of pyridine rings is 1. The summed E-state index contributed by atoms with van der Waals surface area (Å²) in [6, 6.07) is 7.91. The molecule has 118 valence electrons. The van der Waals surface area contributed by atoms with Gasteiger partial charge in [-0.2, -0.15) is 5.10 Å². The Morgan fingerprint density at radius 2 is 1.91 bits per heavy atom. The number of fused-ring (bicyclic) bond motifs is 1. The third kappa shape index (κ3) is 3.00. The van der Waals surface area contributed by atoms with Crippen LogP contribution in [0.2, 0.25) is 15.2 Å². The highest BCUT2D eigenvalue weighted by atomic mass is 35.5. The molecule has 0 saturated heterocycles. The normalized spacial score (nSPS) is 14.8. The number of halogens is 3. The Kier molecular flexibility index (Phi) is 4.43. The van der Waals surface area contributed by atoms with E-state index in [1.165, 1.54) is 5.56 Å². The predicted molar refractivity (Wildman–Crippen MR) is 92.4 cm³/mol. The molecule has 0 aliphatic heterocycles. The maximum Gasteiger partial charge on any atom is 0.291 e. The van der Waals surface area contributed by atoms with Gasteiger partial charge in [-0.25, -0.2) is 10.4 Å². The zero-order valence-electron chi connectivity index (χ0n) is 11.7. The number of hydrogen-bond donors (Lipinski definition) is 2. The van der Waals surface area contributed by atoms with Crippen molar-refractivity contribution >= 4 is 52.1 Å². The van der Waals surface area contributed by atoms with Crippen molar-refractivity contribution in [3.63, 3.8) is 0 Å². The number of nitrogens with zero attached hydrogens (tertiary/aromatic N) is 2. The molecule has 0 bridgehead atoms. The lowest BCUT2D eigenvalue weighted by Crippen LogP contribution is -2.21. The molecule has 1 aliphatic carbocycles. The molecule has 1 aliphatic rings. The third-order valence-electron chi connectivity index (χ3n) is 3.54. The Bertz CT molecular complexity index is 836. The number of carbonyl (C=O) groups excluding carboxylic acids is 1. The standard InChI is InChI=1S/C15H11Cl3N4O/c16-10-12(19)11(17)14(18)20-13(10)15(23)22-21-9-6-5-7-3-1-2-4-8(7)9/h1-4H,5-6H2,(H2,19,20)(H,22,23). The third-order valence-corrected chi connectivity index (χ3v) is 4.67. The fourth-order valence-electron chi connectivity index (χ4n) is 2.38. The lowest BCUT2D eigenvalue weighted by Gasteiger charge is -2.08. The molecule has 2 aromatic rings. The Morgan fingerprint density at radius 3 is 2.70 bits per heavy atom. The van der Waals surface area contributed by atoms with Crippen molar-refractivity contribution in [2.75, 3.05) is 5.73 Å². The largest absolute Gasteiger partial charge is 0.396 e. The number of aryl methyl sites for hydroxylation is 1. The molecule has 0 saturated carbocycles. The van der Waals surface area contributed by atoms with Crippen LogP contribution in [-0.4, -0.2) is 16.6 Å². The van der Waals surface area contributed by atoms with Gasteiger partial charge in [0.1, 0.15) is 5.02 Å². The van der Waals surface area contributed by atoms with Gasteiger partial charge in [-0.05, 0) is 18.4 Å². The summed E-state index contributed by atoms with van der Waals surface area (Å²) in [6.45, 7) is 0. The fourth-order valence-corrected chi connectivity index (χ4v) is 2.97. The summed E-state index contributed by atoms with van der Waals surface area (Å²) >= 11 is 17.7. The van der Waals surface area contributed by atoms with Crippen molar-refractivity contribution in [2.24, 2.45) is 5.10 Å². The van der Waals surface area contributed by atoms with Crippen LogP contribution in [0.5, 0.6) is 0 Å². The summed E-state index contributed by atoms with van der Waals surface area (Å²) in [6.07, 6.45) is 1.65.